The Morgan fingerprint density at radius 2 is 1.86 bits per heavy atom. The molecule has 0 aliphatic carbocycles. The lowest BCUT2D eigenvalue weighted by molar-refractivity contribution is -0.128. The Kier molecular flexibility index (Phi) is 6.33. The van der Waals surface area contributed by atoms with Crippen molar-refractivity contribution in [1.29, 1.82) is 0 Å². The molecule has 0 radical (unpaired) electrons. The Bertz CT molecular complexity index is 842. The molecule has 0 unspecified atom stereocenters. The van der Waals surface area contributed by atoms with Crippen LogP contribution in [0.15, 0.2) is 48.5 Å². The second-order valence-electron chi connectivity index (χ2n) is 6.19. The van der Waals surface area contributed by atoms with E-state index in [0.717, 1.165) is 0 Å². The molecule has 1 saturated heterocycles. The first-order valence-corrected chi connectivity index (χ1v) is 9.00. The third-order valence-corrected chi connectivity index (χ3v) is 4.41. The maximum Gasteiger partial charge on any atom is 0.322 e. The van der Waals surface area contributed by atoms with Gasteiger partial charge in [-0.25, -0.2) is 4.79 Å². The van der Waals surface area contributed by atoms with E-state index in [1.807, 2.05) is 12.1 Å². The summed E-state index contributed by atoms with van der Waals surface area (Å²) in [6.45, 7) is 0.542. The highest BCUT2D eigenvalue weighted by molar-refractivity contribution is 5.95. The molecular weight excluding hydrogens is 362 g/mol. The fourth-order valence-electron chi connectivity index (χ4n) is 3.03. The van der Waals surface area contributed by atoms with E-state index in [1.165, 1.54) is 4.90 Å². The lowest BCUT2D eigenvalue weighted by Crippen LogP contribution is -2.58. The summed E-state index contributed by atoms with van der Waals surface area (Å²) in [4.78, 5) is 26.3. The van der Waals surface area contributed by atoms with Crippen molar-refractivity contribution in [2.24, 2.45) is 0 Å². The Morgan fingerprint density at radius 1 is 1.18 bits per heavy atom. The largest absolute Gasteiger partial charge is 0.493 e. The van der Waals surface area contributed by atoms with Crippen LogP contribution in [0.1, 0.15) is 6.42 Å². The number of methoxy groups -OCH3 is 1. The Hall–Kier alpha value is -3.26. The normalized spacial score (nSPS) is 16.3. The first-order chi connectivity index (χ1) is 13.6. The van der Waals surface area contributed by atoms with E-state index in [9.17, 15) is 14.7 Å². The van der Waals surface area contributed by atoms with Crippen LogP contribution < -0.4 is 20.1 Å². The molecule has 3 N–H and O–H groups in total. The second-order valence-corrected chi connectivity index (χ2v) is 6.19. The topological polar surface area (TPSA) is 100 Å². The number of benzene rings is 2. The summed E-state index contributed by atoms with van der Waals surface area (Å²) in [5, 5.41) is 14.7. The number of piperazine rings is 1. The van der Waals surface area contributed by atoms with Crippen LogP contribution in [0, 0.1) is 0 Å². The molecule has 1 aliphatic heterocycles. The zero-order chi connectivity index (χ0) is 19.9. The number of ether oxygens (including phenoxy) is 2. The van der Waals surface area contributed by atoms with Crippen molar-refractivity contribution in [2.75, 3.05) is 32.1 Å². The van der Waals surface area contributed by atoms with E-state index in [-0.39, 0.29) is 18.9 Å². The van der Waals surface area contributed by atoms with Gasteiger partial charge in [-0.3, -0.25) is 4.79 Å². The van der Waals surface area contributed by atoms with Gasteiger partial charge in [-0.1, -0.05) is 24.3 Å². The number of aliphatic hydroxyl groups excluding tert-OH is 1. The number of nitrogens with one attached hydrogen (secondary N) is 2. The highest BCUT2D eigenvalue weighted by Crippen LogP contribution is 2.35. The molecule has 2 aromatic carbocycles. The van der Waals surface area contributed by atoms with Gasteiger partial charge in [0, 0.05) is 19.7 Å². The highest BCUT2D eigenvalue weighted by atomic mass is 16.5. The number of para-hydroxylation sites is 4. The Morgan fingerprint density at radius 3 is 2.57 bits per heavy atom. The molecule has 148 valence electrons. The predicted molar refractivity (Wildman–Crippen MR) is 104 cm³/mol. The summed E-state index contributed by atoms with van der Waals surface area (Å²) < 4.78 is 11.2. The molecule has 2 aromatic rings. The summed E-state index contributed by atoms with van der Waals surface area (Å²) in [7, 11) is 1.55. The van der Waals surface area contributed by atoms with Crippen LogP contribution in [-0.2, 0) is 4.79 Å². The molecule has 8 heteroatoms. The first kappa shape index (κ1) is 19.5. The molecule has 3 amide bonds. The quantitative estimate of drug-likeness (QED) is 0.708. The van der Waals surface area contributed by atoms with Crippen LogP contribution in [-0.4, -0.2) is 54.8 Å². The van der Waals surface area contributed by atoms with E-state index >= 15 is 0 Å². The third-order valence-electron chi connectivity index (χ3n) is 4.41. The van der Waals surface area contributed by atoms with Crippen molar-refractivity contribution in [3.05, 3.63) is 48.5 Å². The van der Waals surface area contributed by atoms with Crippen molar-refractivity contribution in [3.63, 3.8) is 0 Å². The number of hydrogen-bond acceptors (Lipinski definition) is 5. The van der Waals surface area contributed by atoms with Crippen LogP contribution in [0.25, 0.3) is 0 Å². The van der Waals surface area contributed by atoms with Crippen molar-refractivity contribution >= 4 is 17.6 Å². The van der Waals surface area contributed by atoms with Gasteiger partial charge in [0.05, 0.1) is 12.8 Å². The first-order valence-electron chi connectivity index (χ1n) is 9.00. The molecule has 1 heterocycles. The van der Waals surface area contributed by atoms with Crippen molar-refractivity contribution in [3.8, 4) is 17.2 Å². The Balaban J connectivity index is 1.79. The summed E-state index contributed by atoms with van der Waals surface area (Å²) >= 11 is 0. The summed E-state index contributed by atoms with van der Waals surface area (Å²) in [5.41, 5.74) is 0.465. The van der Waals surface area contributed by atoms with Gasteiger partial charge < -0.3 is 30.1 Å². The second kappa shape index (κ2) is 9.09. The molecule has 8 nitrogen and oxygen atoms in total. The van der Waals surface area contributed by atoms with Gasteiger partial charge in [-0.05, 0) is 30.7 Å². The summed E-state index contributed by atoms with van der Waals surface area (Å²) in [6, 6.07) is 13.1. The monoisotopic (exact) mass is 385 g/mol. The van der Waals surface area contributed by atoms with E-state index in [4.69, 9.17) is 9.47 Å². The number of aliphatic hydroxyl groups is 1. The van der Waals surface area contributed by atoms with Crippen LogP contribution >= 0.6 is 0 Å². The third kappa shape index (κ3) is 4.34. The maximum absolute atomic E-state index is 12.8. The van der Waals surface area contributed by atoms with Gasteiger partial charge in [0.1, 0.15) is 6.04 Å². The van der Waals surface area contributed by atoms with Gasteiger partial charge in [-0.2, -0.15) is 0 Å². The molecular formula is C20H23N3O5. The predicted octanol–water partition coefficient (Wildman–Crippen LogP) is 2.20. The number of carbonyl (C=O) groups excluding carboxylic acids is 2. The molecule has 28 heavy (non-hydrogen) atoms. The average Bonchev–Trinajstić information content (AvgIpc) is 2.71. The van der Waals surface area contributed by atoms with Crippen LogP contribution in [0.4, 0.5) is 10.5 Å². The van der Waals surface area contributed by atoms with E-state index in [2.05, 4.69) is 10.6 Å². The van der Waals surface area contributed by atoms with E-state index < -0.39 is 12.1 Å². The lowest BCUT2D eigenvalue weighted by atomic mass is 10.1. The minimum atomic E-state index is -0.707. The molecule has 1 aliphatic rings. The van der Waals surface area contributed by atoms with Crippen molar-refractivity contribution in [2.45, 2.75) is 12.5 Å². The van der Waals surface area contributed by atoms with E-state index in [0.29, 0.717) is 36.0 Å². The summed E-state index contributed by atoms with van der Waals surface area (Å²) in [6.07, 6.45) is 0.179. The van der Waals surface area contributed by atoms with Gasteiger partial charge in [-0.15, -0.1) is 0 Å². The fourth-order valence-corrected chi connectivity index (χ4v) is 3.03. The van der Waals surface area contributed by atoms with Gasteiger partial charge >= 0.3 is 6.03 Å². The standard InChI is InChI=1S/C20H23N3O5/c1-27-17-8-4-5-9-18(17)28-16-7-3-2-6-14(16)22-20(26)23-12-11-21-19(25)15(23)10-13-24/h2-9,15,24H,10-13H2,1H3,(H,21,25)(H,22,26)/t15-/m1/s1. The SMILES string of the molecule is COc1ccccc1Oc1ccccc1NC(=O)N1CCNC(=O)[C@H]1CCO. The lowest BCUT2D eigenvalue weighted by Gasteiger charge is -2.34. The number of carbonyl (C=O) groups is 2. The van der Waals surface area contributed by atoms with Crippen LogP contribution in [0.5, 0.6) is 17.2 Å². The van der Waals surface area contributed by atoms with E-state index in [1.54, 1.807) is 43.5 Å². The minimum absolute atomic E-state index is 0.179. The van der Waals surface area contributed by atoms with Crippen molar-refractivity contribution < 1.29 is 24.2 Å². The number of urea groups is 1. The summed E-state index contributed by atoms with van der Waals surface area (Å²) in [5.74, 6) is 1.26. The fraction of sp³-hybridized carbons (Fsp3) is 0.300. The van der Waals surface area contributed by atoms with Gasteiger partial charge in [0.15, 0.2) is 17.2 Å². The number of anilines is 1. The van der Waals surface area contributed by atoms with Gasteiger partial charge in [0.2, 0.25) is 5.91 Å². The number of hydrogen-bond donors (Lipinski definition) is 3. The highest BCUT2D eigenvalue weighted by Gasteiger charge is 2.32. The minimum Gasteiger partial charge on any atom is -0.493 e. The molecule has 0 bridgehead atoms. The number of rotatable bonds is 6. The number of nitrogens with zero attached hydrogens (tertiary/aromatic N) is 1. The Labute approximate surface area is 163 Å². The smallest absolute Gasteiger partial charge is 0.322 e. The average molecular weight is 385 g/mol. The zero-order valence-electron chi connectivity index (χ0n) is 15.6. The maximum atomic E-state index is 12.8. The molecule has 3 rings (SSSR count). The molecule has 0 saturated carbocycles. The molecule has 0 spiro atoms. The van der Waals surface area contributed by atoms with Crippen LogP contribution in [0.2, 0.25) is 0 Å². The zero-order valence-corrected chi connectivity index (χ0v) is 15.6. The molecule has 0 aromatic heterocycles. The van der Waals surface area contributed by atoms with Gasteiger partial charge in [0.25, 0.3) is 0 Å². The van der Waals surface area contributed by atoms with Crippen LogP contribution in [0.3, 0.4) is 0 Å². The number of amides is 3. The molecule has 1 fully saturated rings. The van der Waals surface area contributed by atoms with Crippen molar-refractivity contribution in [1.82, 2.24) is 10.2 Å². The molecule has 1 atom stereocenters.